The van der Waals surface area contributed by atoms with Crippen molar-refractivity contribution in [3.63, 3.8) is 0 Å². The largest absolute Gasteiger partial charge is 0.378 e. The minimum atomic E-state index is 0.447. The molecule has 222 valence electrons. The van der Waals surface area contributed by atoms with Gasteiger partial charge in [-0.3, -0.25) is 0 Å². The quantitative estimate of drug-likeness (QED) is 0.0515. The number of hydrogen-bond donors (Lipinski definition) is 0. The van der Waals surface area contributed by atoms with Crippen molar-refractivity contribution < 1.29 is 4.74 Å². The minimum Gasteiger partial charge on any atom is -0.378 e. The molecule has 0 aliphatic carbocycles. The fourth-order valence-electron chi connectivity index (χ4n) is 5.39. The van der Waals surface area contributed by atoms with Crippen LogP contribution in [0.15, 0.2) is 60.7 Å². The number of unbranched alkanes of at least 4 members (excludes halogenated alkanes) is 13. The molecular formula is C38H58OS. The molecule has 0 aliphatic rings. The monoisotopic (exact) mass is 562 g/mol. The van der Waals surface area contributed by atoms with Crippen molar-refractivity contribution in [1.82, 2.24) is 0 Å². The zero-order chi connectivity index (χ0) is 28.5. The first-order valence-electron chi connectivity index (χ1n) is 16.7. The predicted octanol–water partition coefficient (Wildman–Crippen LogP) is 12.1. The second kappa shape index (κ2) is 23.9. The number of thiocarbonyl (C=S) groups is 1. The number of aryl methyl sites for hydroxylation is 1. The summed E-state index contributed by atoms with van der Waals surface area (Å²) in [7, 11) is 0. The van der Waals surface area contributed by atoms with Crippen molar-refractivity contribution >= 4 is 23.2 Å². The van der Waals surface area contributed by atoms with Crippen LogP contribution in [0.4, 0.5) is 0 Å². The lowest BCUT2D eigenvalue weighted by molar-refractivity contribution is 0.0381. The van der Waals surface area contributed by atoms with E-state index in [-0.39, 0.29) is 0 Å². The van der Waals surface area contributed by atoms with Crippen LogP contribution in [-0.2, 0) is 11.2 Å². The van der Waals surface area contributed by atoms with E-state index < -0.39 is 0 Å². The highest BCUT2D eigenvalue weighted by atomic mass is 32.1. The molecule has 0 bridgehead atoms. The average Bonchev–Trinajstić information content (AvgIpc) is 2.99. The van der Waals surface area contributed by atoms with Gasteiger partial charge >= 0.3 is 0 Å². The molecule has 2 rings (SSSR count). The summed E-state index contributed by atoms with van der Waals surface area (Å²) in [6.07, 6.45) is 30.3. The van der Waals surface area contributed by atoms with Crippen molar-refractivity contribution in [3.8, 4) is 0 Å². The Balaban J connectivity index is 1.49. The lowest BCUT2D eigenvalue weighted by Gasteiger charge is -2.17. The second-order valence-electron chi connectivity index (χ2n) is 11.6. The molecule has 0 fully saturated rings. The molecule has 0 spiro atoms. The van der Waals surface area contributed by atoms with Gasteiger partial charge in [-0.05, 0) is 48.4 Å². The van der Waals surface area contributed by atoms with Gasteiger partial charge < -0.3 is 4.74 Å². The maximum Gasteiger partial charge on any atom is 0.0575 e. The third-order valence-electron chi connectivity index (χ3n) is 7.92. The molecule has 0 radical (unpaired) electrons. The van der Waals surface area contributed by atoms with E-state index in [9.17, 15) is 0 Å². The molecule has 1 atom stereocenters. The first-order chi connectivity index (χ1) is 19.7. The zero-order valence-electron chi connectivity index (χ0n) is 25.9. The van der Waals surface area contributed by atoms with E-state index in [1.54, 1.807) is 0 Å². The summed E-state index contributed by atoms with van der Waals surface area (Å²) in [5.74, 6) is 0. The molecule has 1 nitrogen and oxygen atoms in total. The molecule has 2 aromatic carbocycles. The molecule has 0 aromatic heterocycles. The first kappa shape index (κ1) is 34.4. The lowest BCUT2D eigenvalue weighted by atomic mass is 10.0. The van der Waals surface area contributed by atoms with E-state index in [0.717, 1.165) is 29.9 Å². The van der Waals surface area contributed by atoms with Crippen LogP contribution < -0.4 is 0 Å². The van der Waals surface area contributed by atoms with Crippen molar-refractivity contribution in [3.05, 3.63) is 77.4 Å². The fourth-order valence-corrected chi connectivity index (χ4v) is 5.60. The van der Waals surface area contributed by atoms with Gasteiger partial charge in [-0.15, -0.1) is 0 Å². The lowest BCUT2D eigenvalue weighted by Crippen LogP contribution is -2.14. The number of allylic oxidation sites excluding steroid dienone is 1. The SMILES string of the molecule is CCCCCCCCCCCCCCCCC(CCC)OCCCc1ccc(C=CC(=S)c2ccccc2)cc1. The van der Waals surface area contributed by atoms with E-state index in [1.807, 2.05) is 24.3 Å². The highest BCUT2D eigenvalue weighted by Crippen LogP contribution is 2.17. The summed E-state index contributed by atoms with van der Waals surface area (Å²) < 4.78 is 6.32. The number of hydrogen-bond acceptors (Lipinski definition) is 2. The Hall–Kier alpha value is -1.77. The Bertz CT molecular complexity index is 885. The standard InChI is InChI=1S/C38H58OS/c1-3-5-6-7-8-9-10-11-12-13-14-15-16-20-26-37(22-4-2)39-33-21-23-34-27-29-35(30-28-34)31-32-38(40)36-24-18-17-19-25-36/h17-19,24-25,27-32,37H,3-16,20-23,26,33H2,1-2H3. The van der Waals surface area contributed by atoms with Gasteiger partial charge in [-0.25, -0.2) is 0 Å². The Morgan fingerprint density at radius 3 is 1.80 bits per heavy atom. The topological polar surface area (TPSA) is 9.23 Å². The van der Waals surface area contributed by atoms with Gasteiger partial charge in [-0.2, -0.15) is 0 Å². The van der Waals surface area contributed by atoms with Crippen LogP contribution in [0.25, 0.3) is 6.08 Å². The number of rotatable bonds is 25. The minimum absolute atomic E-state index is 0.447. The van der Waals surface area contributed by atoms with Crippen LogP contribution in [0.1, 0.15) is 146 Å². The molecule has 0 amide bonds. The van der Waals surface area contributed by atoms with Gasteiger partial charge in [-0.1, -0.05) is 183 Å². The third-order valence-corrected chi connectivity index (χ3v) is 8.29. The summed E-state index contributed by atoms with van der Waals surface area (Å²) in [5.41, 5.74) is 3.66. The van der Waals surface area contributed by atoms with Crippen LogP contribution in [0.3, 0.4) is 0 Å². The molecule has 2 heteroatoms. The van der Waals surface area contributed by atoms with E-state index in [0.29, 0.717) is 6.10 Å². The van der Waals surface area contributed by atoms with Gasteiger partial charge in [0.05, 0.1) is 6.10 Å². The molecule has 40 heavy (non-hydrogen) atoms. The molecule has 0 saturated heterocycles. The van der Waals surface area contributed by atoms with Crippen LogP contribution >= 0.6 is 12.2 Å². The Morgan fingerprint density at radius 1 is 0.650 bits per heavy atom. The molecule has 0 saturated carbocycles. The van der Waals surface area contributed by atoms with E-state index in [2.05, 4.69) is 56.3 Å². The average molecular weight is 563 g/mol. The van der Waals surface area contributed by atoms with Crippen LogP contribution in [-0.4, -0.2) is 17.6 Å². The third kappa shape index (κ3) is 17.1. The van der Waals surface area contributed by atoms with Crippen molar-refractivity contribution in [2.45, 2.75) is 142 Å². The maximum atomic E-state index is 6.32. The van der Waals surface area contributed by atoms with E-state index in [1.165, 1.54) is 120 Å². The molecule has 0 N–H and O–H groups in total. The van der Waals surface area contributed by atoms with Crippen LogP contribution in [0.5, 0.6) is 0 Å². The predicted molar refractivity (Wildman–Crippen MR) is 182 cm³/mol. The van der Waals surface area contributed by atoms with Gasteiger partial charge in [0.1, 0.15) is 0 Å². The van der Waals surface area contributed by atoms with Gasteiger partial charge in [0.2, 0.25) is 0 Å². The highest BCUT2D eigenvalue weighted by Gasteiger charge is 2.08. The molecule has 0 aliphatic heterocycles. The summed E-state index contributed by atoms with van der Waals surface area (Å²) in [5, 5.41) is 0. The molecule has 0 heterocycles. The maximum absolute atomic E-state index is 6.32. The van der Waals surface area contributed by atoms with Crippen molar-refractivity contribution in [2.75, 3.05) is 6.61 Å². The van der Waals surface area contributed by atoms with E-state index in [4.69, 9.17) is 17.0 Å². The first-order valence-corrected chi connectivity index (χ1v) is 17.1. The van der Waals surface area contributed by atoms with Gasteiger partial charge in [0.25, 0.3) is 0 Å². The number of benzene rings is 2. The van der Waals surface area contributed by atoms with E-state index >= 15 is 0 Å². The fraction of sp³-hybridized carbons (Fsp3) is 0.605. The van der Waals surface area contributed by atoms with Gasteiger partial charge in [0.15, 0.2) is 0 Å². The van der Waals surface area contributed by atoms with Crippen molar-refractivity contribution in [1.29, 1.82) is 0 Å². The van der Waals surface area contributed by atoms with Gasteiger partial charge in [0, 0.05) is 11.5 Å². The second-order valence-corrected chi connectivity index (χ2v) is 12.0. The normalized spacial score (nSPS) is 12.2. The summed E-state index contributed by atoms with van der Waals surface area (Å²) >= 11 is 5.53. The summed E-state index contributed by atoms with van der Waals surface area (Å²) in [6, 6.07) is 19.0. The Labute approximate surface area is 253 Å². The molecular weight excluding hydrogens is 504 g/mol. The van der Waals surface area contributed by atoms with Crippen LogP contribution in [0.2, 0.25) is 0 Å². The smallest absolute Gasteiger partial charge is 0.0575 e. The Morgan fingerprint density at radius 2 is 1.23 bits per heavy atom. The molecule has 1 unspecified atom stereocenters. The zero-order valence-corrected chi connectivity index (χ0v) is 26.7. The highest BCUT2D eigenvalue weighted by molar-refractivity contribution is 7.81. The van der Waals surface area contributed by atoms with Crippen LogP contribution in [0, 0.1) is 0 Å². The van der Waals surface area contributed by atoms with Crippen molar-refractivity contribution in [2.24, 2.45) is 0 Å². The Kier molecular flexibility index (Phi) is 20.6. The summed E-state index contributed by atoms with van der Waals surface area (Å²) in [4.78, 5) is 0.873. The molecule has 2 aromatic rings. The summed E-state index contributed by atoms with van der Waals surface area (Å²) in [6.45, 7) is 5.45. The number of ether oxygens (including phenoxy) is 1.